The van der Waals surface area contributed by atoms with Crippen LogP contribution >= 0.6 is 0 Å². The van der Waals surface area contributed by atoms with E-state index < -0.39 is 0 Å². The van der Waals surface area contributed by atoms with Crippen LogP contribution in [0.5, 0.6) is 5.75 Å². The molecule has 3 nitrogen and oxygen atoms in total. The summed E-state index contributed by atoms with van der Waals surface area (Å²) in [4.78, 5) is 12.2. The second-order valence-corrected chi connectivity index (χ2v) is 5.18. The van der Waals surface area contributed by atoms with Crippen molar-refractivity contribution in [2.24, 2.45) is 0 Å². The summed E-state index contributed by atoms with van der Waals surface area (Å²) in [6.07, 6.45) is 6.94. The molecule has 3 heteroatoms. The van der Waals surface area contributed by atoms with Gasteiger partial charge < -0.3 is 10.1 Å². The molecule has 1 fully saturated rings. The predicted octanol–water partition coefficient (Wildman–Crippen LogP) is 3.54. The van der Waals surface area contributed by atoms with E-state index in [0.717, 1.165) is 25.0 Å². The molecule has 2 rings (SSSR count). The van der Waals surface area contributed by atoms with Gasteiger partial charge in [0, 0.05) is 11.6 Å². The Morgan fingerprint density at radius 2 is 2.11 bits per heavy atom. The van der Waals surface area contributed by atoms with Gasteiger partial charge in [0.1, 0.15) is 5.75 Å². The van der Waals surface area contributed by atoms with E-state index in [0.29, 0.717) is 18.2 Å². The number of carbonyl (C=O) groups is 1. The fourth-order valence-electron chi connectivity index (χ4n) is 2.46. The lowest BCUT2D eigenvalue weighted by Crippen LogP contribution is -2.36. The number of hydrogen-bond acceptors (Lipinski definition) is 2. The molecule has 0 aromatic heterocycles. The number of benzene rings is 1. The van der Waals surface area contributed by atoms with Crippen LogP contribution in [0.4, 0.5) is 0 Å². The Kier molecular flexibility index (Phi) is 5.25. The SMILES string of the molecule is CCCOc1cccc(C(=O)NC2CCCCC2)c1. The first-order valence-corrected chi connectivity index (χ1v) is 7.33. The largest absolute Gasteiger partial charge is 0.494 e. The Balaban J connectivity index is 1.93. The van der Waals surface area contributed by atoms with Crippen molar-refractivity contribution in [3.63, 3.8) is 0 Å². The number of rotatable bonds is 5. The van der Waals surface area contributed by atoms with Crippen molar-refractivity contribution in [1.29, 1.82) is 0 Å². The molecule has 0 unspecified atom stereocenters. The van der Waals surface area contributed by atoms with E-state index in [9.17, 15) is 4.79 Å². The molecule has 0 radical (unpaired) electrons. The van der Waals surface area contributed by atoms with Crippen LogP contribution in [0, 0.1) is 0 Å². The molecule has 0 heterocycles. The number of hydrogen-bond donors (Lipinski definition) is 1. The maximum atomic E-state index is 12.2. The first-order chi connectivity index (χ1) is 9.29. The highest BCUT2D eigenvalue weighted by Crippen LogP contribution is 2.19. The van der Waals surface area contributed by atoms with Gasteiger partial charge in [-0.05, 0) is 37.5 Å². The van der Waals surface area contributed by atoms with Gasteiger partial charge in [-0.3, -0.25) is 4.79 Å². The van der Waals surface area contributed by atoms with Crippen molar-refractivity contribution in [1.82, 2.24) is 5.32 Å². The molecule has 1 saturated carbocycles. The molecule has 1 aliphatic carbocycles. The quantitative estimate of drug-likeness (QED) is 0.880. The lowest BCUT2D eigenvalue weighted by molar-refractivity contribution is 0.0927. The molecular weight excluding hydrogens is 238 g/mol. The van der Waals surface area contributed by atoms with Crippen LogP contribution in [0.25, 0.3) is 0 Å². The maximum Gasteiger partial charge on any atom is 0.251 e. The third-order valence-corrected chi connectivity index (χ3v) is 3.51. The average molecular weight is 261 g/mol. The maximum absolute atomic E-state index is 12.2. The number of nitrogens with one attached hydrogen (secondary N) is 1. The summed E-state index contributed by atoms with van der Waals surface area (Å²) in [6.45, 7) is 2.76. The predicted molar refractivity (Wildman–Crippen MR) is 76.6 cm³/mol. The molecule has 1 aliphatic rings. The normalized spacial score (nSPS) is 16.1. The van der Waals surface area contributed by atoms with Crippen LogP contribution in [0.2, 0.25) is 0 Å². The molecule has 0 spiro atoms. The Bertz CT molecular complexity index is 411. The Morgan fingerprint density at radius 3 is 2.84 bits per heavy atom. The van der Waals surface area contributed by atoms with Gasteiger partial charge in [-0.1, -0.05) is 32.3 Å². The van der Waals surface area contributed by atoms with Gasteiger partial charge in [-0.25, -0.2) is 0 Å². The second kappa shape index (κ2) is 7.17. The van der Waals surface area contributed by atoms with Gasteiger partial charge >= 0.3 is 0 Å². The average Bonchev–Trinajstić information content (AvgIpc) is 2.46. The first kappa shape index (κ1) is 13.9. The monoisotopic (exact) mass is 261 g/mol. The zero-order valence-corrected chi connectivity index (χ0v) is 11.7. The fraction of sp³-hybridized carbons (Fsp3) is 0.562. The fourth-order valence-corrected chi connectivity index (χ4v) is 2.46. The highest BCUT2D eigenvalue weighted by Gasteiger charge is 2.16. The number of carbonyl (C=O) groups excluding carboxylic acids is 1. The van der Waals surface area contributed by atoms with Gasteiger partial charge in [0.15, 0.2) is 0 Å². The second-order valence-electron chi connectivity index (χ2n) is 5.18. The number of ether oxygens (including phenoxy) is 1. The van der Waals surface area contributed by atoms with Crippen LogP contribution < -0.4 is 10.1 Å². The van der Waals surface area contributed by atoms with Gasteiger partial charge in [0.2, 0.25) is 0 Å². The van der Waals surface area contributed by atoms with E-state index >= 15 is 0 Å². The van der Waals surface area contributed by atoms with Crippen molar-refractivity contribution >= 4 is 5.91 Å². The van der Waals surface area contributed by atoms with Gasteiger partial charge in [0.05, 0.1) is 6.61 Å². The standard InChI is InChI=1S/C16H23NO2/c1-2-11-19-15-10-6-7-13(12-15)16(18)17-14-8-4-3-5-9-14/h6-7,10,12,14H,2-5,8-9,11H2,1H3,(H,17,18). The van der Waals surface area contributed by atoms with E-state index in [1.165, 1.54) is 19.3 Å². The van der Waals surface area contributed by atoms with Gasteiger partial charge in [-0.15, -0.1) is 0 Å². The smallest absolute Gasteiger partial charge is 0.251 e. The zero-order valence-electron chi connectivity index (χ0n) is 11.7. The van der Waals surface area contributed by atoms with Crippen molar-refractivity contribution in [2.75, 3.05) is 6.61 Å². The summed E-state index contributed by atoms with van der Waals surface area (Å²) in [7, 11) is 0. The minimum absolute atomic E-state index is 0.0221. The molecule has 0 bridgehead atoms. The molecule has 0 atom stereocenters. The van der Waals surface area contributed by atoms with Crippen molar-refractivity contribution in [2.45, 2.75) is 51.5 Å². The molecule has 0 aliphatic heterocycles. The van der Waals surface area contributed by atoms with Crippen molar-refractivity contribution < 1.29 is 9.53 Å². The molecular formula is C16H23NO2. The number of amides is 1. The lowest BCUT2D eigenvalue weighted by Gasteiger charge is -2.22. The topological polar surface area (TPSA) is 38.3 Å². The molecule has 19 heavy (non-hydrogen) atoms. The Hall–Kier alpha value is -1.51. The summed E-state index contributed by atoms with van der Waals surface area (Å²) in [5, 5.41) is 3.12. The van der Waals surface area contributed by atoms with Crippen molar-refractivity contribution in [3.8, 4) is 5.75 Å². The van der Waals surface area contributed by atoms with Crippen LogP contribution in [0.3, 0.4) is 0 Å². The van der Waals surface area contributed by atoms with Gasteiger partial charge in [-0.2, -0.15) is 0 Å². The summed E-state index contributed by atoms with van der Waals surface area (Å²) >= 11 is 0. The molecule has 0 saturated heterocycles. The molecule has 1 N–H and O–H groups in total. The summed E-state index contributed by atoms with van der Waals surface area (Å²) in [6, 6.07) is 7.79. The molecule has 1 aromatic carbocycles. The Morgan fingerprint density at radius 1 is 1.32 bits per heavy atom. The van der Waals surface area contributed by atoms with E-state index in [4.69, 9.17) is 4.74 Å². The molecule has 1 amide bonds. The third kappa shape index (κ3) is 4.27. The van der Waals surface area contributed by atoms with E-state index in [2.05, 4.69) is 12.2 Å². The lowest BCUT2D eigenvalue weighted by atomic mass is 9.95. The van der Waals surface area contributed by atoms with Crippen LogP contribution in [-0.2, 0) is 0 Å². The third-order valence-electron chi connectivity index (χ3n) is 3.51. The van der Waals surface area contributed by atoms with Crippen LogP contribution in [0.15, 0.2) is 24.3 Å². The summed E-state index contributed by atoms with van der Waals surface area (Å²) in [5.74, 6) is 0.798. The first-order valence-electron chi connectivity index (χ1n) is 7.33. The van der Waals surface area contributed by atoms with E-state index in [-0.39, 0.29) is 5.91 Å². The summed E-state index contributed by atoms with van der Waals surface area (Å²) in [5.41, 5.74) is 0.694. The van der Waals surface area contributed by atoms with E-state index in [1.807, 2.05) is 24.3 Å². The minimum atomic E-state index is 0.0221. The highest BCUT2D eigenvalue weighted by molar-refractivity contribution is 5.94. The Labute approximate surface area is 115 Å². The molecule has 1 aromatic rings. The highest BCUT2D eigenvalue weighted by atomic mass is 16.5. The van der Waals surface area contributed by atoms with Crippen LogP contribution in [-0.4, -0.2) is 18.6 Å². The summed E-state index contributed by atoms with van der Waals surface area (Å²) < 4.78 is 5.56. The van der Waals surface area contributed by atoms with Crippen LogP contribution in [0.1, 0.15) is 55.8 Å². The molecule has 104 valence electrons. The van der Waals surface area contributed by atoms with E-state index in [1.54, 1.807) is 0 Å². The minimum Gasteiger partial charge on any atom is -0.494 e. The zero-order chi connectivity index (χ0) is 13.5. The van der Waals surface area contributed by atoms with Gasteiger partial charge in [0.25, 0.3) is 5.91 Å². The van der Waals surface area contributed by atoms with Crippen molar-refractivity contribution in [3.05, 3.63) is 29.8 Å².